The van der Waals surface area contributed by atoms with Gasteiger partial charge in [-0.3, -0.25) is 4.79 Å². The van der Waals surface area contributed by atoms with Crippen molar-refractivity contribution in [2.75, 3.05) is 6.54 Å². The third kappa shape index (κ3) is 4.67. The maximum atomic E-state index is 13.6. The number of amides is 1. The molecule has 1 atom stereocenters. The Balaban J connectivity index is 1.48. The first-order valence-electron chi connectivity index (χ1n) is 8.32. The van der Waals surface area contributed by atoms with Crippen molar-refractivity contribution in [3.05, 3.63) is 71.5 Å². The Morgan fingerprint density at radius 1 is 1.19 bits per heavy atom. The van der Waals surface area contributed by atoms with Crippen LogP contribution < -0.4 is 10.1 Å². The summed E-state index contributed by atoms with van der Waals surface area (Å²) >= 11 is 1.58. The molecule has 0 saturated carbocycles. The standard InChI is InChI=1S/C20H19FN2O2S/c1-14(25-18-10-6-5-9-17(18)21)19(24)22-12-11-16-13-26-20(23-16)15-7-3-2-4-8-15/h2-10,13-14H,11-12H2,1H3,(H,22,24). The predicted octanol–water partition coefficient (Wildman–Crippen LogP) is 4.08. The van der Waals surface area contributed by atoms with E-state index in [0.29, 0.717) is 13.0 Å². The summed E-state index contributed by atoms with van der Waals surface area (Å²) in [5.41, 5.74) is 2.01. The molecule has 1 N–H and O–H groups in total. The summed E-state index contributed by atoms with van der Waals surface area (Å²) in [7, 11) is 0. The number of nitrogens with one attached hydrogen (secondary N) is 1. The van der Waals surface area contributed by atoms with Crippen LogP contribution in [0.5, 0.6) is 5.75 Å². The van der Waals surface area contributed by atoms with E-state index in [2.05, 4.69) is 10.3 Å². The Kier molecular flexibility index (Phi) is 5.96. The predicted molar refractivity (Wildman–Crippen MR) is 101 cm³/mol. The van der Waals surface area contributed by atoms with E-state index in [0.717, 1.165) is 16.3 Å². The van der Waals surface area contributed by atoms with E-state index in [4.69, 9.17) is 4.74 Å². The molecule has 0 fully saturated rings. The summed E-state index contributed by atoms with van der Waals surface area (Å²) in [6, 6.07) is 16.0. The minimum atomic E-state index is -0.776. The lowest BCUT2D eigenvalue weighted by atomic mass is 10.2. The number of halogens is 1. The van der Waals surface area contributed by atoms with Gasteiger partial charge in [-0.05, 0) is 19.1 Å². The average Bonchev–Trinajstić information content (AvgIpc) is 3.13. The first-order chi connectivity index (χ1) is 12.6. The van der Waals surface area contributed by atoms with Crippen molar-refractivity contribution in [2.24, 2.45) is 0 Å². The number of rotatable bonds is 7. The van der Waals surface area contributed by atoms with E-state index in [1.54, 1.807) is 30.4 Å². The lowest BCUT2D eigenvalue weighted by Crippen LogP contribution is -2.37. The Bertz CT molecular complexity index is 867. The van der Waals surface area contributed by atoms with Crippen molar-refractivity contribution >= 4 is 17.2 Å². The minimum Gasteiger partial charge on any atom is -0.478 e. The van der Waals surface area contributed by atoms with Gasteiger partial charge in [0.2, 0.25) is 0 Å². The molecule has 0 radical (unpaired) electrons. The Labute approximate surface area is 155 Å². The van der Waals surface area contributed by atoms with Gasteiger partial charge in [-0.2, -0.15) is 0 Å². The maximum absolute atomic E-state index is 13.6. The molecule has 1 unspecified atom stereocenters. The van der Waals surface area contributed by atoms with Gasteiger partial charge in [0.15, 0.2) is 17.7 Å². The van der Waals surface area contributed by atoms with Gasteiger partial charge >= 0.3 is 0 Å². The number of carbonyl (C=O) groups is 1. The monoisotopic (exact) mass is 370 g/mol. The van der Waals surface area contributed by atoms with Gasteiger partial charge in [-0.1, -0.05) is 42.5 Å². The van der Waals surface area contributed by atoms with Crippen LogP contribution in [0.25, 0.3) is 10.6 Å². The quantitative estimate of drug-likeness (QED) is 0.682. The molecule has 1 amide bonds. The topological polar surface area (TPSA) is 51.2 Å². The van der Waals surface area contributed by atoms with E-state index in [1.165, 1.54) is 12.1 Å². The molecule has 0 aliphatic carbocycles. The summed E-state index contributed by atoms with van der Waals surface area (Å²) < 4.78 is 18.9. The smallest absolute Gasteiger partial charge is 0.260 e. The molecular weight excluding hydrogens is 351 g/mol. The summed E-state index contributed by atoms with van der Waals surface area (Å²) in [5.74, 6) is -0.697. The number of ether oxygens (including phenoxy) is 1. The molecular formula is C20H19FN2O2S. The SMILES string of the molecule is CC(Oc1ccccc1F)C(=O)NCCc1csc(-c2ccccc2)n1. The van der Waals surface area contributed by atoms with E-state index < -0.39 is 11.9 Å². The van der Waals surface area contributed by atoms with Crippen molar-refractivity contribution in [3.63, 3.8) is 0 Å². The van der Waals surface area contributed by atoms with E-state index in [-0.39, 0.29) is 11.7 Å². The van der Waals surface area contributed by atoms with Crippen LogP contribution in [-0.4, -0.2) is 23.5 Å². The van der Waals surface area contributed by atoms with Gasteiger partial charge in [-0.15, -0.1) is 11.3 Å². The van der Waals surface area contributed by atoms with Crippen LogP contribution in [0.2, 0.25) is 0 Å². The third-order valence-corrected chi connectivity index (χ3v) is 4.70. The number of nitrogens with zero attached hydrogens (tertiary/aromatic N) is 1. The molecule has 1 heterocycles. The molecule has 0 spiro atoms. The van der Waals surface area contributed by atoms with Gasteiger partial charge in [0, 0.05) is 23.9 Å². The first-order valence-corrected chi connectivity index (χ1v) is 9.20. The number of carbonyl (C=O) groups excluding carboxylic acids is 1. The Morgan fingerprint density at radius 2 is 1.92 bits per heavy atom. The van der Waals surface area contributed by atoms with Crippen molar-refractivity contribution < 1.29 is 13.9 Å². The molecule has 0 aliphatic rings. The minimum absolute atomic E-state index is 0.0714. The van der Waals surface area contributed by atoms with E-state index in [1.807, 2.05) is 35.7 Å². The molecule has 1 aromatic heterocycles. The fourth-order valence-electron chi connectivity index (χ4n) is 2.38. The lowest BCUT2D eigenvalue weighted by Gasteiger charge is -2.14. The third-order valence-electron chi connectivity index (χ3n) is 3.76. The van der Waals surface area contributed by atoms with E-state index in [9.17, 15) is 9.18 Å². The highest BCUT2D eigenvalue weighted by Crippen LogP contribution is 2.23. The van der Waals surface area contributed by atoms with Crippen LogP contribution in [0.1, 0.15) is 12.6 Å². The Morgan fingerprint density at radius 3 is 2.69 bits per heavy atom. The molecule has 4 nitrogen and oxygen atoms in total. The summed E-state index contributed by atoms with van der Waals surface area (Å²) in [6.45, 7) is 2.04. The average molecular weight is 370 g/mol. The van der Waals surface area contributed by atoms with Crippen molar-refractivity contribution in [3.8, 4) is 16.3 Å². The number of hydrogen-bond donors (Lipinski definition) is 1. The number of aromatic nitrogens is 1. The van der Waals surface area contributed by atoms with Gasteiger partial charge in [0.25, 0.3) is 5.91 Å². The number of thiazole rings is 1. The second kappa shape index (κ2) is 8.58. The van der Waals surface area contributed by atoms with Crippen LogP contribution in [0.3, 0.4) is 0 Å². The van der Waals surface area contributed by atoms with Crippen LogP contribution in [0.15, 0.2) is 60.0 Å². The zero-order chi connectivity index (χ0) is 18.4. The summed E-state index contributed by atoms with van der Waals surface area (Å²) in [6.07, 6.45) is -0.149. The largest absolute Gasteiger partial charge is 0.478 e. The maximum Gasteiger partial charge on any atom is 0.260 e. The van der Waals surface area contributed by atoms with E-state index >= 15 is 0 Å². The number of para-hydroxylation sites is 1. The van der Waals surface area contributed by atoms with Crippen molar-refractivity contribution in [2.45, 2.75) is 19.4 Å². The summed E-state index contributed by atoms with van der Waals surface area (Å²) in [5, 5.41) is 5.75. The molecule has 26 heavy (non-hydrogen) atoms. The molecule has 0 bridgehead atoms. The summed E-state index contributed by atoms with van der Waals surface area (Å²) in [4.78, 5) is 16.7. The van der Waals surface area contributed by atoms with Crippen LogP contribution in [0.4, 0.5) is 4.39 Å². The van der Waals surface area contributed by atoms with Crippen molar-refractivity contribution in [1.82, 2.24) is 10.3 Å². The van der Waals surface area contributed by atoms with Gasteiger partial charge in [0.1, 0.15) is 5.01 Å². The molecule has 6 heteroatoms. The molecule has 3 rings (SSSR count). The second-order valence-electron chi connectivity index (χ2n) is 5.74. The molecule has 0 aliphatic heterocycles. The van der Waals surface area contributed by atoms with Gasteiger partial charge < -0.3 is 10.1 Å². The number of hydrogen-bond acceptors (Lipinski definition) is 4. The van der Waals surface area contributed by atoms with Crippen LogP contribution in [-0.2, 0) is 11.2 Å². The van der Waals surface area contributed by atoms with Crippen molar-refractivity contribution in [1.29, 1.82) is 0 Å². The molecule has 134 valence electrons. The fourth-order valence-corrected chi connectivity index (χ4v) is 3.24. The van der Waals surface area contributed by atoms with Crippen LogP contribution >= 0.6 is 11.3 Å². The first kappa shape index (κ1) is 18.1. The Hall–Kier alpha value is -2.73. The van der Waals surface area contributed by atoms with Crippen LogP contribution in [0, 0.1) is 5.82 Å². The highest BCUT2D eigenvalue weighted by molar-refractivity contribution is 7.13. The molecule has 3 aromatic rings. The number of benzene rings is 2. The van der Waals surface area contributed by atoms with Gasteiger partial charge in [0.05, 0.1) is 5.69 Å². The highest BCUT2D eigenvalue weighted by Gasteiger charge is 2.16. The fraction of sp³-hybridized carbons (Fsp3) is 0.200. The van der Waals surface area contributed by atoms with Gasteiger partial charge in [-0.25, -0.2) is 9.37 Å². The lowest BCUT2D eigenvalue weighted by molar-refractivity contribution is -0.127. The molecule has 0 saturated heterocycles. The highest BCUT2D eigenvalue weighted by atomic mass is 32.1. The zero-order valence-corrected chi connectivity index (χ0v) is 15.1. The second-order valence-corrected chi connectivity index (χ2v) is 6.60. The molecule has 2 aromatic carbocycles. The normalized spacial score (nSPS) is 11.8. The zero-order valence-electron chi connectivity index (χ0n) is 14.3.